The zero-order valence-corrected chi connectivity index (χ0v) is 15.0. The van der Waals surface area contributed by atoms with Crippen molar-refractivity contribution in [2.24, 2.45) is 0 Å². The minimum Gasteiger partial charge on any atom is -0.377 e. The third-order valence-electron chi connectivity index (χ3n) is 6.58. The van der Waals surface area contributed by atoms with E-state index < -0.39 is 0 Å². The van der Waals surface area contributed by atoms with Crippen LogP contribution in [0.15, 0.2) is 0 Å². The van der Waals surface area contributed by atoms with E-state index in [0.29, 0.717) is 0 Å². The first-order valence-electron chi connectivity index (χ1n) is 9.64. The normalized spacial score (nSPS) is 27.2. The van der Waals surface area contributed by atoms with E-state index in [4.69, 9.17) is 24.4 Å². The first kappa shape index (κ1) is 15.8. The van der Waals surface area contributed by atoms with Gasteiger partial charge in [0.25, 0.3) is 0 Å². The predicted octanol–water partition coefficient (Wildman–Crippen LogP) is 1.70. The van der Waals surface area contributed by atoms with Crippen LogP contribution in [0.25, 0.3) is 0 Å². The first-order valence-corrected chi connectivity index (χ1v) is 9.64. The standard InChI is InChI=1S/C18H27N5O2/c1-14-19-15(22-8-10-24-12-17(22)4-2-5-17)21-16(20-14)23-9-11-25-13-18(23)6-3-7-18/h2-13H2,1H3. The summed E-state index contributed by atoms with van der Waals surface area (Å²) in [5.41, 5.74) is 0.227. The van der Waals surface area contributed by atoms with Gasteiger partial charge in [-0.2, -0.15) is 15.0 Å². The van der Waals surface area contributed by atoms with Crippen LogP contribution in [0.2, 0.25) is 0 Å². The predicted molar refractivity (Wildman–Crippen MR) is 94.1 cm³/mol. The fourth-order valence-electron chi connectivity index (χ4n) is 4.78. The third kappa shape index (κ3) is 2.43. The van der Waals surface area contributed by atoms with Gasteiger partial charge in [-0.05, 0) is 45.4 Å². The smallest absolute Gasteiger partial charge is 0.231 e. The molecular weight excluding hydrogens is 318 g/mol. The quantitative estimate of drug-likeness (QED) is 0.808. The zero-order chi connectivity index (χ0) is 16.9. The van der Waals surface area contributed by atoms with Gasteiger partial charge >= 0.3 is 0 Å². The van der Waals surface area contributed by atoms with Crippen molar-refractivity contribution < 1.29 is 9.47 Å². The molecule has 5 rings (SSSR count). The largest absolute Gasteiger partial charge is 0.377 e. The number of aromatic nitrogens is 3. The Balaban J connectivity index is 1.50. The van der Waals surface area contributed by atoms with Crippen molar-refractivity contribution >= 4 is 11.9 Å². The molecule has 7 nitrogen and oxygen atoms in total. The van der Waals surface area contributed by atoms with Crippen LogP contribution in [0.5, 0.6) is 0 Å². The van der Waals surface area contributed by atoms with Crippen molar-refractivity contribution in [3.63, 3.8) is 0 Å². The van der Waals surface area contributed by atoms with Gasteiger partial charge in [0.2, 0.25) is 11.9 Å². The molecule has 0 bridgehead atoms. The molecule has 136 valence electrons. The summed E-state index contributed by atoms with van der Waals surface area (Å²) in [5, 5.41) is 0. The molecule has 0 unspecified atom stereocenters. The van der Waals surface area contributed by atoms with Crippen molar-refractivity contribution in [1.82, 2.24) is 15.0 Å². The van der Waals surface area contributed by atoms with Crippen LogP contribution in [0.1, 0.15) is 44.3 Å². The highest BCUT2D eigenvalue weighted by molar-refractivity contribution is 5.46. The maximum absolute atomic E-state index is 5.78. The van der Waals surface area contributed by atoms with E-state index in [1.165, 1.54) is 38.5 Å². The van der Waals surface area contributed by atoms with Gasteiger partial charge < -0.3 is 19.3 Å². The molecule has 2 saturated carbocycles. The van der Waals surface area contributed by atoms with Crippen LogP contribution < -0.4 is 9.80 Å². The van der Waals surface area contributed by atoms with E-state index in [1.54, 1.807) is 0 Å². The first-order chi connectivity index (χ1) is 12.2. The molecule has 0 N–H and O–H groups in total. The lowest BCUT2D eigenvalue weighted by Crippen LogP contribution is -2.63. The van der Waals surface area contributed by atoms with E-state index in [0.717, 1.165) is 57.2 Å². The molecule has 0 aromatic carbocycles. The Morgan fingerprint density at radius 2 is 1.24 bits per heavy atom. The Morgan fingerprint density at radius 1 is 0.760 bits per heavy atom. The summed E-state index contributed by atoms with van der Waals surface area (Å²) >= 11 is 0. The summed E-state index contributed by atoms with van der Waals surface area (Å²) in [5.74, 6) is 2.49. The van der Waals surface area contributed by atoms with Crippen LogP contribution in [-0.4, -0.2) is 65.5 Å². The number of hydrogen-bond acceptors (Lipinski definition) is 7. The summed E-state index contributed by atoms with van der Waals surface area (Å²) in [7, 11) is 0. The molecule has 7 heteroatoms. The maximum atomic E-state index is 5.78. The SMILES string of the molecule is Cc1nc(N2CCOCC23CCC3)nc(N2CCOCC23CCC3)n1. The number of ether oxygens (including phenoxy) is 2. The van der Waals surface area contributed by atoms with E-state index in [1.807, 2.05) is 6.92 Å². The number of rotatable bonds is 2. The van der Waals surface area contributed by atoms with Crippen LogP contribution in [-0.2, 0) is 9.47 Å². The molecule has 2 spiro atoms. The fourth-order valence-corrected chi connectivity index (χ4v) is 4.78. The van der Waals surface area contributed by atoms with E-state index in [-0.39, 0.29) is 11.1 Å². The molecule has 1 aromatic heterocycles. The molecule has 0 atom stereocenters. The zero-order valence-electron chi connectivity index (χ0n) is 15.0. The van der Waals surface area contributed by atoms with E-state index in [9.17, 15) is 0 Å². The van der Waals surface area contributed by atoms with Crippen LogP contribution in [0.4, 0.5) is 11.9 Å². The van der Waals surface area contributed by atoms with Gasteiger partial charge in [0.05, 0.1) is 37.5 Å². The summed E-state index contributed by atoms with van der Waals surface area (Å²) in [6, 6.07) is 0. The molecule has 2 aliphatic carbocycles. The molecule has 25 heavy (non-hydrogen) atoms. The second kappa shape index (κ2) is 5.77. The van der Waals surface area contributed by atoms with Crippen LogP contribution in [0, 0.1) is 6.92 Å². The molecule has 0 amide bonds. The maximum Gasteiger partial charge on any atom is 0.231 e. The molecule has 1 aromatic rings. The molecular formula is C18H27N5O2. The molecule has 3 heterocycles. The second-order valence-electron chi connectivity index (χ2n) is 8.05. The lowest BCUT2D eigenvalue weighted by molar-refractivity contribution is 0.0107. The second-order valence-corrected chi connectivity index (χ2v) is 8.05. The minimum atomic E-state index is 0.114. The van der Waals surface area contributed by atoms with E-state index >= 15 is 0 Å². The topological polar surface area (TPSA) is 63.6 Å². The summed E-state index contributed by atoms with van der Waals surface area (Å²) in [6.07, 6.45) is 7.24. The van der Waals surface area contributed by atoms with Gasteiger partial charge in [-0.1, -0.05) is 0 Å². The average molecular weight is 345 g/mol. The number of anilines is 2. The van der Waals surface area contributed by atoms with Crippen molar-refractivity contribution in [3.05, 3.63) is 5.82 Å². The molecule has 2 saturated heterocycles. The Hall–Kier alpha value is -1.47. The van der Waals surface area contributed by atoms with Gasteiger partial charge in [-0.25, -0.2) is 0 Å². The summed E-state index contributed by atoms with van der Waals surface area (Å²) in [4.78, 5) is 19.2. The fraction of sp³-hybridized carbons (Fsp3) is 0.833. The molecule has 2 aliphatic heterocycles. The van der Waals surface area contributed by atoms with Gasteiger partial charge in [0.15, 0.2) is 0 Å². The lowest BCUT2D eigenvalue weighted by atomic mass is 9.75. The highest BCUT2D eigenvalue weighted by atomic mass is 16.5. The monoisotopic (exact) mass is 345 g/mol. The van der Waals surface area contributed by atoms with Gasteiger partial charge in [0, 0.05) is 13.1 Å². The number of aryl methyl sites for hydroxylation is 1. The van der Waals surface area contributed by atoms with Crippen molar-refractivity contribution in [2.45, 2.75) is 56.5 Å². The Morgan fingerprint density at radius 3 is 1.64 bits per heavy atom. The molecule has 4 aliphatic rings. The summed E-state index contributed by atoms with van der Waals surface area (Å²) < 4.78 is 11.6. The minimum absolute atomic E-state index is 0.114. The van der Waals surface area contributed by atoms with Crippen molar-refractivity contribution in [3.8, 4) is 0 Å². The van der Waals surface area contributed by atoms with Gasteiger partial charge in [-0.15, -0.1) is 0 Å². The van der Waals surface area contributed by atoms with Crippen LogP contribution >= 0.6 is 0 Å². The average Bonchev–Trinajstić information content (AvgIpc) is 2.58. The number of morpholine rings is 2. The Labute approximate surface area is 148 Å². The van der Waals surface area contributed by atoms with Crippen LogP contribution in [0.3, 0.4) is 0 Å². The highest BCUT2D eigenvalue weighted by Gasteiger charge is 2.48. The van der Waals surface area contributed by atoms with Crippen molar-refractivity contribution in [1.29, 1.82) is 0 Å². The Bertz CT molecular complexity index is 607. The number of hydrogen-bond donors (Lipinski definition) is 0. The molecule has 4 fully saturated rings. The molecule has 0 radical (unpaired) electrons. The number of nitrogens with zero attached hydrogens (tertiary/aromatic N) is 5. The van der Waals surface area contributed by atoms with E-state index in [2.05, 4.69) is 9.80 Å². The summed E-state index contributed by atoms with van der Waals surface area (Å²) in [6.45, 7) is 6.83. The van der Waals surface area contributed by atoms with Gasteiger partial charge in [0.1, 0.15) is 5.82 Å². The van der Waals surface area contributed by atoms with Gasteiger partial charge in [-0.3, -0.25) is 0 Å². The Kier molecular flexibility index (Phi) is 3.64. The highest BCUT2D eigenvalue weighted by Crippen LogP contribution is 2.43. The van der Waals surface area contributed by atoms with Crippen molar-refractivity contribution in [2.75, 3.05) is 49.3 Å². The lowest BCUT2D eigenvalue weighted by Gasteiger charge is -2.54. The third-order valence-corrected chi connectivity index (χ3v) is 6.58.